The number of carbonyl (C=O) groups excluding carboxylic acids is 1. The highest BCUT2D eigenvalue weighted by molar-refractivity contribution is 7.84. The summed E-state index contributed by atoms with van der Waals surface area (Å²) in [6.45, 7) is 8.47. The molecular weight excluding hydrogens is 498 g/mol. The average Bonchev–Trinajstić information content (AvgIpc) is 3.30. The molecule has 204 valence electrons. The van der Waals surface area contributed by atoms with E-state index in [0.29, 0.717) is 45.0 Å². The van der Waals surface area contributed by atoms with E-state index < -0.39 is 15.7 Å². The molecule has 0 radical (unpaired) electrons. The van der Waals surface area contributed by atoms with Gasteiger partial charge in [-0.2, -0.15) is 0 Å². The summed E-state index contributed by atoms with van der Waals surface area (Å²) in [6, 6.07) is 10.1. The van der Waals surface area contributed by atoms with Gasteiger partial charge in [-0.3, -0.25) is 4.79 Å². The summed E-state index contributed by atoms with van der Waals surface area (Å²) in [6.07, 6.45) is 7.37. The van der Waals surface area contributed by atoms with Crippen LogP contribution in [0, 0.1) is 0 Å². The minimum atomic E-state index is -1.29. The van der Waals surface area contributed by atoms with Crippen LogP contribution in [0.15, 0.2) is 36.4 Å². The van der Waals surface area contributed by atoms with Crippen molar-refractivity contribution in [1.29, 1.82) is 0 Å². The van der Waals surface area contributed by atoms with Gasteiger partial charge in [0, 0.05) is 37.4 Å². The first kappa shape index (κ1) is 27.2. The fraction of sp³-hybridized carbons (Fsp3) is 0.533. The number of rotatable bonds is 6. The summed E-state index contributed by atoms with van der Waals surface area (Å²) in [5.41, 5.74) is 6.61. The summed E-state index contributed by atoms with van der Waals surface area (Å²) >= 11 is 0. The number of hydrogen-bond donors (Lipinski definition) is 1. The molecule has 7 nitrogen and oxygen atoms in total. The highest BCUT2D eigenvalue weighted by Gasteiger charge is 2.40. The molecular formula is C30H39N3O4S. The Morgan fingerprint density at radius 3 is 2.61 bits per heavy atom. The third-order valence-corrected chi connectivity index (χ3v) is 9.46. The molecule has 1 N–H and O–H groups in total. The van der Waals surface area contributed by atoms with Gasteiger partial charge in [0.1, 0.15) is 16.7 Å². The van der Waals surface area contributed by atoms with Crippen LogP contribution in [0.2, 0.25) is 0 Å². The van der Waals surface area contributed by atoms with Crippen molar-refractivity contribution in [3.63, 3.8) is 0 Å². The molecule has 1 amide bonds. The van der Waals surface area contributed by atoms with Gasteiger partial charge in [0.15, 0.2) is 0 Å². The predicted octanol–water partition coefficient (Wildman–Crippen LogP) is 4.88. The van der Waals surface area contributed by atoms with Gasteiger partial charge in [0.2, 0.25) is 0 Å². The second-order valence-electron chi connectivity index (χ2n) is 11.4. The van der Waals surface area contributed by atoms with E-state index in [1.807, 2.05) is 31.1 Å². The van der Waals surface area contributed by atoms with Crippen LogP contribution in [0.3, 0.4) is 0 Å². The first-order valence-corrected chi connectivity index (χ1v) is 14.9. The smallest absolute Gasteiger partial charge is 0.272 e. The number of fused-ring (bicyclic) bond motifs is 1. The Hall–Kier alpha value is -2.39. The van der Waals surface area contributed by atoms with Crippen LogP contribution in [0.25, 0.3) is 16.8 Å². The third kappa shape index (κ3) is 5.50. The lowest BCUT2D eigenvalue weighted by Gasteiger charge is -2.30. The number of aromatic nitrogens is 1. The fourth-order valence-corrected chi connectivity index (χ4v) is 7.10. The Labute approximate surface area is 228 Å². The number of amides is 1. The molecule has 1 aromatic carbocycles. The molecule has 2 atom stereocenters. The highest BCUT2D eigenvalue weighted by atomic mass is 32.2. The predicted molar refractivity (Wildman–Crippen MR) is 151 cm³/mol. The Morgan fingerprint density at radius 2 is 1.92 bits per heavy atom. The van der Waals surface area contributed by atoms with Crippen molar-refractivity contribution >= 4 is 22.5 Å². The summed E-state index contributed by atoms with van der Waals surface area (Å²) in [5.74, 6) is -0.0994. The minimum absolute atomic E-state index is 0.0250. The van der Waals surface area contributed by atoms with E-state index in [-0.39, 0.29) is 18.6 Å². The van der Waals surface area contributed by atoms with Crippen LogP contribution in [0.1, 0.15) is 86.1 Å². The molecule has 2 aromatic rings. The topological polar surface area (TPSA) is 83.0 Å². The monoisotopic (exact) mass is 537 g/mol. The summed E-state index contributed by atoms with van der Waals surface area (Å²) in [5, 5.41) is 10.0. The van der Waals surface area contributed by atoms with Gasteiger partial charge in [0.05, 0.1) is 29.7 Å². The average molecular weight is 538 g/mol. The van der Waals surface area contributed by atoms with E-state index in [1.54, 1.807) is 4.90 Å². The molecule has 0 saturated carbocycles. The minimum Gasteiger partial charge on any atom is -0.396 e. The SMILES string of the molecule is CC(C)(C)[S@@](=O)N1Cc2cc(C(=O)N3CCOCC3)nc(-c3cccc(C4=CCCCC4)c3)c2[C@H]1CCO. The number of aliphatic hydroxyl groups excluding tert-OH is 1. The van der Waals surface area contributed by atoms with Gasteiger partial charge in [-0.25, -0.2) is 13.5 Å². The van der Waals surface area contributed by atoms with Crippen LogP contribution >= 0.6 is 0 Å². The van der Waals surface area contributed by atoms with E-state index in [0.717, 1.165) is 35.2 Å². The normalized spacial score (nSPS) is 21.2. The number of allylic oxidation sites excluding steroid dienone is 2. The molecule has 0 bridgehead atoms. The van der Waals surface area contributed by atoms with Gasteiger partial charge >= 0.3 is 0 Å². The molecule has 2 aliphatic heterocycles. The molecule has 1 aromatic heterocycles. The van der Waals surface area contributed by atoms with Crippen molar-refractivity contribution in [3.05, 3.63) is 58.8 Å². The van der Waals surface area contributed by atoms with E-state index in [2.05, 4.69) is 30.3 Å². The quantitative estimate of drug-likeness (QED) is 0.568. The number of ether oxygens (including phenoxy) is 1. The maximum Gasteiger partial charge on any atom is 0.272 e. The van der Waals surface area contributed by atoms with Crippen LogP contribution in [-0.2, 0) is 22.3 Å². The van der Waals surface area contributed by atoms with Crippen molar-refractivity contribution in [2.45, 2.75) is 70.2 Å². The molecule has 5 rings (SSSR count). The van der Waals surface area contributed by atoms with Crippen LogP contribution in [-0.4, -0.2) is 67.1 Å². The Balaban J connectivity index is 1.64. The second kappa shape index (κ2) is 11.4. The van der Waals surface area contributed by atoms with Gasteiger partial charge in [-0.15, -0.1) is 0 Å². The number of nitrogens with zero attached hydrogens (tertiary/aromatic N) is 3. The molecule has 1 saturated heterocycles. The Morgan fingerprint density at radius 1 is 1.16 bits per heavy atom. The van der Waals surface area contributed by atoms with Crippen molar-refractivity contribution in [1.82, 2.24) is 14.2 Å². The van der Waals surface area contributed by atoms with Crippen LogP contribution in [0.5, 0.6) is 0 Å². The second-order valence-corrected chi connectivity index (χ2v) is 13.5. The van der Waals surface area contributed by atoms with Crippen molar-refractivity contribution in [3.8, 4) is 11.3 Å². The molecule has 3 aliphatic rings. The molecule has 38 heavy (non-hydrogen) atoms. The lowest BCUT2D eigenvalue weighted by atomic mass is 9.90. The number of carbonyl (C=O) groups is 1. The molecule has 1 fully saturated rings. The fourth-order valence-electron chi connectivity index (χ4n) is 5.69. The Bertz CT molecular complexity index is 1250. The van der Waals surface area contributed by atoms with Crippen molar-refractivity contribution in [2.24, 2.45) is 0 Å². The van der Waals surface area contributed by atoms with Gasteiger partial charge in [0.25, 0.3) is 5.91 Å². The maximum absolute atomic E-state index is 13.6. The summed E-state index contributed by atoms with van der Waals surface area (Å²) in [7, 11) is -1.29. The van der Waals surface area contributed by atoms with E-state index in [4.69, 9.17) is 9.72 Å². The lowest BCUT2D eigenvalue weighted by Crippen LogP contribution is -2.41. The zero-order valence-electron chi connectivity index (χ0n) is 22.7. The Kier molecular flexibility index (Phi) is 8.14. The van der Waals surface area contributed by atoms with E-state index in [9.17, 15) is 14.1 Å². The van der Waals surface area contributed by atoms with E-state index >= 15 is 0 Å². The standard InChI is InChI=1S/C30H39N3O4S/c1-30(2,3)38(36)33-20-24-19-25(29(35)32-13-16-37-17-14-32)31-28(27(24)26(33)12-15-34)23-11-7-10-22(18-23)21-8-5-4-6-9-21/h7-8,10-11,18-19,26,34H,4-6,9,12-17,20H2,1-3H3/t26-,38-/m1/s1. The molecule has 1 aliphatic carbocycles. The summed E-state index contributed by atoms with van der Waals surface area (Å²) in [4.78, 5) is 20.4. The van der Waals surface area contributed by atoms with Gasteiger partial charge in [-0.05, 0) is 81.7 Å². The van der Waals surface area contributed by atoms with Gasteiger partial charge in [-0.1, -0.05) is 24.3 Å². The first-order chi connectivity index (χ1) is 18.3. The maximum atomic E-state index is 13.6. The zero-order valence-corrected chi connectivity index (χ0v) is 23.6. The number of hydrogen-bond acceptors (Lipinski definition) is 5. The van der Waals surface area contributed by atoms with Crippen LogP contribution in [0.4, 0.5) is 0 Å². The molecule has 3 heterocycles. The first-order valence-electron chi connectivity index (χ1n) is 13.8. The van der Waals surface area contributed by atoms with Crippen molar-refractivity contribution in [2.75, 3.05) is 32.9 Å². The molecule has 0 spiro atoms. The number of aliphatic hydroxyl groups is 1. The third-order valence-electron chi connectivity index (χ3n) is 7.61. The largest absolute Gasteiger partial charge is 0.396 e. The number of pyridine rings is 1. The zero-order chi connectivity index (χ0) is 26.9. The van der Waals surface area contributed by atoms with Gasteiger partial charge < -0.3 is 14.7 Å². The van der Waals surface area contributed by atoms with Crippen LogP contribution < -0.4 is 0 Å². The summed E-state index contributed by atoms with van der Waals surface area (Å²) < 4.78 is 20.6. The van der Waals surface area contributed by atoms with E-state index in [1.165, 1.54) is 24.0 Å². The number of benzene rings is 1. The highest BCUT2D eigenvalue weighted by Crippen LogP contribution is 2.44. The molecule has 0 unspecified atom stereocenters. The number of morpholine rings is 1. The van der Waals surface area contributed by atoms with Crippen molar-refractivity contribution < 1.29 is 18.8 Å². The lowest BCUT2D eigenvalue weighted by molar-refractivity contribution is 0.0299. The molecule has 8 heteroatoms.